The zero-order valence-electron chi connectivity index (χ0n) is 47.2. The predicted molar refractivity (Wildman–Crippen MR) is 341 cm³/mol. The first-order valence-corrected chi connectivity index (χ1v) is 28.4. The van der Waals surface area contributed by atoms with Gasteiger partial charge in [-0.2, -0.15) is 0 Å². The van der Waals surface area contributed by atoms with Gasteiger partial charge in [-0.25, -0.2) is 29.9 Å². The molecular weight excluding hydrogens is 1010 g/mol. The lowest BCUT2D eigenvalue weighted by atomic mass is 9.81. The number of hydrogen-bond acceptors (Lipinski definition) is 8. The molecule has 0 saturated carbocycles. The maximum absolute atomic E-state index is 4.62. The van der Waals surface area contributed by atoms with E-state index in [4.69, 9.17) is 0 Å². The van der Waals surface area contributed by atoms with E-state index in [0.717, 1.165) is 33.5 Å². The maximum atomic E-state index is 4.62. The van der Waals surface area contributed by atoms with E-state index in [1.54, 1.807) is 25.3 Å². The van der Waals surface area contributed by atoms with Crippen LogP contribution in [0.15, 0.2) is 219 Å². The molecule has 0 N–H and O–H groups in total. The Kier molecular flexibility index (Phi) is 11.4. The molecule has 0 spiro atoms. The summed E-state index contributed by atoms with van der Waals surface area (Å²) in [5.41, 5.74) is 23.6. The predicted octanol–water partition coefficient (Wildman–Crippen LogP) is 18.6. The molecule has 0 atom stereocenters. The van der Waals surface area contributed by atoms with Crippen molar-refractivity contribution in [3.05, 3.63) is 275 Å². The SMILES string of the molecule is CC1(C)c2cc(/C=C/c3ccc4c(c3)C(C)(C)c3cc(N(c5ccc6ccccc6c5)c5ncncn5)ccc3-4)ccc2-c2ccc(/C=C/c3ccc4c(c3)C(C)(C)c3cc(N(c5ccc6ccccc6c5)c5ncncn5)ccc3-4)cc21. The van der Waals surface area contributed by atoms with Crippen LogP contribution in [0.1, 0.15) is 97.2 Å². The Hall–Kier alpha value is -10.2. The average Bonchev–Trinajstić information content (AvgIpc) is 3.33. The van der Waals surface area contributed by atoms with Crippen molar-refractivity contribution in [3.8, 4) is 33.4 Å². The molecule has 10 aromatic carbocycles. The number of benzene rings is 10. The van der Waals surface area contributed by atoms with Gasteiger partial charge in [-0.3, -0.25) is 9.80 Å². The van der Waals surface area contributed by atoms with Crippen LogP contribution in [-0.2, 0) is 16.2 Å². The van der Waals surface area contributed by atoms with E-state index in [9.17, 15) is 0 Å². The van der Waals surface area contributed by atoms with Gasteiger partial charge in [0.15, 0.2) is 0 Å². The molecule has 3 aliphatic rings. The lowest BCUT2D eigenvalue weighted by Gasteiger charge is -2.26. The highest BCUT2D eigenvalue weighted by Crippen LogP contribution is 2.54. The molecule has 83 heavy (non-hydrogen) atoms. The molecule has 0 radical (unpaired) electrons. The first kappa shape index (κ1) is 49.8. The maximum Gasteiger partial charge on any atom is 0.237 e. The second-order valence-corrected chi connectivity index (χ2v) is 23.8. The molecule has 3 aliphatic carbocycles. The molecule has 8 heteroatoms. The highest BCUT2D eigenvalue weighted by atomic mass is 15.3. The lowest BCUT2D eigenvalue weighted by molar-refractivity contribution is 0.660. The smallest absolute Gasteiger partial charge is 0.237 e. The minimum Gasteiger partial charge on any atom is -0.279 e. The van der Waals surface area contributed by atoms with Crippen molar-refractivity contribution in [1.82, 2.24) is 29.9 Å². The average molecular weight is 1070 g/mol. The Balaban J connectivity index is 0.665. The fraction of sp³-hybridized carbons (Fsp3) is 0.120. The van der Waals surface area contributed by atoms with Crippen molar-refractivity contribution in [2.45, 2.75) is 57.8 Å². The van der Waals surface area contributed by atoms with E-state index in [1.165, 1.54) is 99.8 Å². The zero-order chi connectivity index (χ0) is 56.2. The number of fused-ring (bicyclic) bond motifs is 11. The van der Waals surface area contributed by atoms with Gasteiger partial charge < -0.3 is 0 Å². The van der Waals surface area contributed by atoms with Gasteiger partial charge in [-0.05, 0) is 159 Å². The highest BCUT2D eigenvalue weighted by Gasteiger charge is 2.39. The molecule has 2 heterocycles. The Bertz CT molecular complexity index is 4380. The first-order valence-electron chi connectivity index (χ1n) is 28.4. The van der Waals surface area contributed by atoms with E-state index < -0.39 is 0 Å². The number of aromatic nitrogens is 6. The molecule has 0 amide bonds. The lowest BCUT2D eigenvalue weighted by Crippen LogP contribution is -2.17. The molecule has 2 aromatic heterocycles. The summed E-state index contributed by atoms with van der Waals surface area (Å²) < 4.78 is 0. The van der Waals surface area contributed by atoms with Crippen molar-refractivity contribution in [1.29, 1.82) is 0 Å². The van der Waals surface area contributed by atoms with Crippen LogP contribution in [0, 0.1) is 0 Å². The summed E-state index contributed by atoms with van der Waals surface area (Å²) in [6.45, 7) is 14.1. The van der Waals surface area contributed by atoms with Crippen LogP contribution in [0.5, 0.6) is 0 Å². The van der Waals surface area contributed by atoms with Crippen molar-refractivity contribution >= 4 is 80.5 Å². The van der Waals surface area contributed by atoms with E-state index in [-0.39, 0.29) is 16.2 Å². The Labute approximate surface area is 483 Å². The topological polar surface area (TPSA) is 83.8 Å². The standard InChI is InChI=1S/C75H58N8/c1-73(2)65-35-47(15-17-49-21-31-61-63-33-27-57(41-69(63)74(3,4)67(61)37-49)82(71-78-43-76-44-79-71)55-25-23-51-11-7-9-13-53(51)39-55)19-29-59(65)60-30-20-48(36-66(60)73)16-18-50-22-32-62-64-34-28-58(42-70(64)75(5,6)68(62)38-50)83(72-80-45-77-46-81-72)56-26-24-52-12-8-10-14-54(52)40-56/h7-46H,1-6H3/b17-15+,18-16+. The van der Waals surface area contributed by atoms with Crippen LogP contribution >= 0.6 is 0 Å². The van der Waals surface area contributed by atoms with Gasteiger partial charge in [0.25, 0.3) is 0 Å². The molecule has 0 fully saturated rings. The van der Waals surface area contributed by atoms with E-state index >= 15 is 0 Å². The molecule has 0 unspecified atom stereocenters. The van der Waals surface area contributed by atoms with Gasteiger partial charge in [0.2, 0.25) is 11.9 Å². The molecule has 0 aliphatic heterocycles. The van der Waals surface area contributed by atoms with Crippen LogP contribution in [-0.4, -0.2) is 29.9 Å². The van der Waals surface area contributed by atoms with E-state index in [2.05, 4.69) is 300 Å². The molecule has 15 rings (SSSR count). The van der Waals surface area contributed by atoms with Crippen LogP contribution in [0.3, 0.4) is 0 Å². The fourth-order valence-electron chi connectivity index (χ4n) is 13.4. The molecule has 398 valence electrons. The van der Waals surface area contributed by atoms with E-state index in [1.807, 2.05) is 0 Å². The molecule has 0 saturated heterocycles. The Morgan fingerprint density at radius 2 is 0.542 bits per heavy atom. The van der Waals surface area contributed by atoms with Gasteiger partial charge >= 0.3 is 0 Å². The quantitative estimate of drug-likeness (QED) is 0.125. The first-order chi connectivity index (χ1) is 40.4. The molecule has 12 aromatic rings. The molecular formula is C75H58N8. The van der Waals surface area contributed by atoms with Crippen LogP contribution in [0.4, 0.5) is 34.6 Å². The third kappa shape index (κ3) is 8.26. The highest BCUT2D eigenvalue weighted by molar-refractivity contribution is 5.93. The normalized spacial score (nSPS) is 14.6. The van der Waals surface area contributed by atoms with Crippen molar-refractivity contribution in [3.63, 3.8) is 0 Å². The second-order valence-electron chi connectivity index (χ2n) is 23.8. The number of hydrogen-bond donors (Lipinski definition) is 0. The van der Waals surface area contributed by atoms with Gasteiger partial charge in [0.05, 0.1) is 0 Å². The third-order valence-electron chi connectivity index (χ3n) is 17.9. The second kappa shape index (κ2) is 19.0. The summed E-state index contributed by atoms with van der Waals surface area (Å²) in [4.78, 5) is 31.0. The van der Waals surface area contributed by atoms with Gasteiger partial charge in [-0.15, -0.1) is 0 Å². The third-order valence-corrected chi connectivity index (χ3v) is 17.9. The minimum absolute atomic E-state index is 0.177. The Morgan fingerprint density at radius 3 is 0.867 bits per heavy atom. The van der Waals surface area contributed by atoms with E-state index in [0.29, 0.717) is 11.9 Å². The van der Waals surface area contributed by atoms with Crippen LogP contribution in [0.2, 0.25) is 0 Å². The summed E-state index contributed by atoms with van der Waals surface area (Å²) in [7, 11) is 0. The number of rotatable bonds is 10. The summed E-state index contributed by atoms with van der Waals surface area (Å²) in [5.74, 6) is 1.15. The number of nitrogens with zero attached hydrogens (tertiary/aromatic N) is 8. The van der Waals surface area contributed by atoms with Crippen molar-refractivity contribution in [2.75, 3.05) is 9.80 Å². The zero-order valence-corrected chi connectivity index (χ0v) is 47.2. The minimum atomic E-state index is -0.242. The van der Waals surface area contributed by atoms with Gasteiger partial charge in [-0.1, -0.05) is 211 Å². The number of anilines is 6. The van der Waals surface area contributed by atoms with Gasteiger partial charge in [0, 0.05) is 39.0 Å². The summed E-state index contributed by atoms with van der Waals surface area (Å²) in [6, 6.07) is 71.2. The molecule has 0 bridgehead atoms. The van der Waals surface area contributed by atoms with Gasteiger partial charge in [0.1, 0.15) is 25.3 Å². The Morgan fingerprint density at radius 1 is 0.277 bits per heavy atom. The largest absolute Gasteiger partial charge is 0.279 e. The monoisotopic (exact) mass is 1070 g/mol. The summed E-state index contributed by atoms with van der Waals surface area (Å²) in [6.07, 6.45) is 15.3. The van der Waals surface area contributed by atoms with Crippen LogP contribution < -0.4 is 9.80 Å². The van der Waals surface area contributed by atoms with Crippen LogP contribution in [0.25, 0.3) is 79.2 Å². The molecule has 8 nitrogen and oxygen atoms in total. The summed E-state index contributed by atoms with van der Waals surface area (Å²) in [5, 5.41) is 4.69. The summed E-state index contributed by atoms with van der Waals surface area (Å²) >= 11 is 0. The van der Waals surface area contributed by atoms with Crippen molar-refractivity contribution < 1.29 is 0 Å². The van der Waals surface area contributed by atoms with Crippen molar-refractivity contribution in [2.24, 2.45) is 0 Å². The fourth-order valence-corrected chi connectivity index (χ4v) is 13.4.